The molecule has 7 heteroatoms. The van der Waals surface area contributed by atoms with Crippen molar-refractivity contribution in [3.05, 3.63) is 35.5 Å². The predicted molar refractivity (Wildman–Crippen MR) is 60.7 cm³/mol. The van der Waals surface area contributed by atoms with Gasteiger partial charge in [0.25, 0.3) is 0 Å². The minimum atomic E-state index is -0.734. The van der Waals surface area contributed by atoms with Gasteiger partial charge in [-0.3, -0.25) is 9.59 Å². The smallest absolute Gasteiger partial charge is 0.313 e. The van der Waals surface area contributed by atoms with Crippen molar-refractivity contribution in [2.24, 2.45) is 0 Å². The summed E-state index contributed by atoms with van der Waals surface area (Å²) in [5.41, 5.74) is -0.839. The summed E-state index contributed by atoms with van der Waals surface area (Å²) in [5, 5.41) is 0.379. The minimum Gasteiger partial charge on any atom is -0.313 e. The molecule has 0 fully saturated rings. The van der Waals surface area contributed by atoms with Gasteiger partial charge >= 0.3 is 11.1 Å². The maximum absolute atomic E-state index is 11.0. The van der Waals surface area contributed by atoms with Crippen LogP contribution in [0, 0.1) is 3.57 Å². The lowest BCUT2D eigenvalue weighted by Crippen LogP contribution is -2.29. The number of rotatable bonds is 0. The zero-order chi connectivity index (χ0) is 10.3. The van der Waals surface area contributed by atoms with Gasteiger partial charge in [0.2, 0.25) is 0 Å². The Hall–Kier alpha value is -0.890. The first-order valence-corrected chi connectivity index (χ1v) is 5.01. The number of aromatic nitrogens is 3. The van der Waals surface area contributed by atoms with E-state index in [4.69, 9.17) is 11.6 Å². The molecule has 72 valence electrons. The van der Waals surface area contributed by atoms with E-state index in [0.717, 1.165) is 0 Å². The maximum Gasteiger partial charge on any atom is 0.315 e. The van der Waals surface area contributed by atoms with Crippen molar-refractivity contribution in [1.82, 2.24) is 15.0 Å². The third-order valence-corrected chi connectivity index (χ3v) is 3.18. The van der Waals surface area contributed by atoms with Crippen molar-refractivity contribution < 1.29 is 0 Å². The molecule has 0 aliphatic carbocycles. The van der Waals surface area contributed by atoms with E-state index in [1.165, 1.54) is 6.20 Å². The first-order valence-electron chi connectivity index (χ1n) is 3.56. The molecule has 2 N–H and O–H groups in total. The Balaban J connectivity index is 3.04. The molecule has 0 saturated carbocycles. The molecular formula is C7H3ClIN3O2. The van der Waals surface area contributed by atoms with Gasteiger partial charge in [-0.2, -0.15) is 0 Å². The molecule has 0 bridgehead atoms. The summed E-state index contributed by atoms with van der Waals surface area (Å²) in [6.07, 6.45) is 1.51. The first-order chi connectivity index (χ1) is 6.59. The van der Waals surface area contributed by atoms with Crippen molar-refractivity contribution >= 4 is 45.4 Å². The van der Waals surface area contributed by atoms with Crippen LogP contribution in [0.2, 0.25) is 5.02 Å². The summed E-state index contributed by atoms with van der Waals surface area (Å²) in [4.78, 5) is 30.6. The van der Waals surface area contributed by atoms with Crippen LogP contribution in [0.5, 0.6) is 0 Å². The number of hydrogen-bond donors (Lipinski definition) is 2. The summed E-state index contributed by atoms with van der Waals surface area (Å²) >= 11 is 7.89. The molecule has 14 heavy (non-hydrogen) atoms. The van der Waals surface area contributed by atoms with Gasteiger partial charge in [0, 0.05) is 6.20 Å². The molecule has 0 aliphatic rings. The molecule has 2 aromatic heterocycles. The van der Waals surface area contributed by atoms with Crippen LogP contribution in [-0.4, -0.2) is 15.0 Å². The lowest BCUT2D eigenvalue weighted by molar-refractivity contribution is 1.11. The Kier molecular flexibility index (Phi) is 2.31. The van der Waals surface area contributed by atoms with Crippen LogP contribution in [0.25, 0.3) is 11.2 Å². The lowest BCUT2D eigenvalue weighted by atomic mass is 10.4. The van der Waals surface area contributed by atoms with E-state index >= 15 is 0 Å². The highest BCUT2D eigenvalue weighted by Gasteiger charge is 2.07. The number of halogens is 2. The number of hydrogen-bond acceptors (Lipinski definition) is 3. The molecule has 5 nitrogen and oxygen atoms in total. The van der Waals surface area contributed by atoms with Gasteiger partial charge in [-0.15, -0.1) is 0 Å². The molecule has 0 amide bonds. The molecular weight excluding hydrogens is 320 g/mol. The van der Waals surface area contributed by atoms with Crippen molar-refractivity contribution in [3.8, 4) is 0 Å². The van der Waals surface area contributed by atoms with E-state index in [9.17, 15) is 9.59 Å². The third-order valence-electron chi connectivity index (χ3n) is 1.65. The fraction of sp³-hybridized carbons (Fsp3) is 0. The van der Waals surface area contributed by atoms with E-state index in [1.54, 1.807) is 0 Å². The summed E-state index contributed by atoms with van der Waals surface area (Å²) in [6, 6.07) is 0. The molecule has 0 aromatic carbocycles. The zero-order valence-corrected chi connectivity index (χ0v) is 9.51. The highest BCUT2D eigenvalue weighted by molar-refractivity contribution is 14.1. The van der Waals surface area contributed by atoms with Gasteiger partial charge < -0.3 is 9.97 Å². The van der Waals surface area contributed by atoms with Crippen molar-refractivity contribution in [1.29, 1.82) is 0 Å². The second-order valence-corrected chi connectivity index (χ2v) is 4.09. The molecule has 0 unspecified atom stereocenters. The normalized spacial score (nSPS) is 10.7. The maximum atomic E-state index is 11.0. The number of nitrogens with zero attached hydrogens (tertiary/aromatic N) is 1. The number of fused-ring (bicyclic) bond motifs is 1. The van der Waals surface area contributed by atoms with Crippen LogP contribution in [0.1, 0.15) is 0 Å². The van der Waals surface area contributed by atoms with Crippen LogP contribution in [0.4, 0.5) is 0 Å². The summed E-state index contributed by atoms with van der Waals surface area (Å²) < 4.78 is 0.708. The highest BCUT2D eigenvalue weighted by Crippen LogP contribution is 2.22. The van der Waals surface area contributed by atoms with E-state index in [0.29, 0.717) is 14.1 Å². The second kappa shape index (κ2) is 3.35. The Labute approximate surface area is 95.7 Å². The summed E-state index contributed by atoms with van der Waals surface area (Å²) in [7, 11) is 0. The number of aromatic amines is 2. The molecule has 0 saturated heterocycles. The van der Waals surface area contributed by atoms with Gasteiger partial charge in [-0.05, 0) is 22.6 Å². The monoisotopic (exact) mass is 323 g/mol. The van der Waals surface area contributed by atoms with Gasteiger partial charge in [0.15, 0.2) is 5.65 Å². The molecule has 0 spiro atoms. The molecule has 2 aromatic rings. The van der Waals surface area contributed by atoms with E-state index in [2.05, 4.69) is 15.0 Å². The minimum absolute atomic E-state index is 0.278. The van der Waals surface area contributed by atoms with Crippen molar-refractivity contribution in [2.45, 2.75) is 0 Å². The Morgan fingerprint density at radius 3 is 2.64 bits per heavy atom. The molecule has 2 rings (SSSR count). The van der Waals surface area contributed by atoms with Gasteiger partial charge in [-0.25, -0.2) is 4.98 Å². The van der Waals surface area contributed by atoms with Crippen LogP contribution < -0.4 is 11.1 Å². The van der Waals surface area contributed by atoms with Crippen LogP contribution in [0.3, 0.4) is 0 Å². The first kappa shape index (κ1) is 9.66. The topological polar surface area (TPSA) is 78.6 Å². The molecule has 0 atom stereocenters. The van der Waals surface area contributed by atoms with E-state index in [-0.39, 0.29) is 5.65 Å². The Bertz CT molecular complexity index is 618. The quantitative estimate of drug-likeness (QED) is 0.558. The van der Waals surface area contributed by atoms with Gasteiger partial charge in [0.1, 0.15) is 5.52 Å². The highest BCUT2D eigenvalue weighted by atomic mass is 127. The third kappa shape index (κ3) is 1.44. The summed E-state index contributed by atoms with van der Waals surface area (Å²) in [5.74, 6) is 0. The Morgan fingerprint density at radius 1 is 1.29 bits per heavy atom. The molecule has 0 radical (unpaired) electrons. The zero-order valence-electron chi connectivity index (χ0n) is 6.60. The number of nitrogens with one attached hydrogen (secondary N) is 2. The van der Waals surface area contributed by atoms with Crippen molar-refractivity contribution in [3.63, 3.8) is 0 Å². The summed E-state index contributed by atoms with van der Waals surface area (Å²) in [6.45, 7) is 0. The average Bonchev–Trinajstić information content (AvgIpc) is 2.15. The predicted octanol–water partition coefficient (Wildman–Crippen LogP) is 0.869. The van der Waals surface area contributed by atoms with Gasteiger partial charge in [0.05, 0.1) is 8.59 Å². The van der Waals surface area contributed by atoms with E-state index < -0.39 is 11.1 Å². The van der Waals surface area contributed by atoms with Crippen LogP contribution in [0.15, 0.2) is 15.8 Å². The fourth-order valence-corrected chi connectivity index (χ4v) is 1.60. The van der Waals surface area contributed by atoms with Crippen LogP contribution in [-0.2, 0) is 0 Å². The molecule has 0 aliphatic heterocycles. The lowest BCUT2D eigenvalue weighted by Gasteiger charge is -1.99. The number of pyridine rings is 1. The number of H-pyrrole nitrogens is 2. The largest absolute Gasteiger partial charge is 0.315 e. The standard InChI is InChI=1S/C7H3ClIN3O2/c8-3-2(9)1-10-5-4(3)11-6(13)7(14)12-5/h1H,(H,11,13)(H,10,12,14). The van der Waals surface area contributed by atoms with Crippen LogP contribution >= 0.6 is 34.2 Å². The van der Waals surface area contributed by atoms with Crippen molar-refractivity contribution in [2.75, 3.05) is 0 Å². The molecule has 2 heterocycles. The average molecular weight is 323 g/mol. The fourth-order valence-electron chi connectivity index (χ4n) is 1.01. The Morgan fingerprint density at radius 2 is 1.93 bits per heavy atom. The SMILES string of the molecule is O=c1[nH]c2ncc(I)c(Cl)c2[nH]c1=O. The second-order valence-electron chi connectivity index (χ2n) is 2.55. The van der Waals surface area contributed by atoms with Gasteiger partial charge in [-0.1, -0.05) is 11.6 Å². The van der Waals surface area contributed by atoms with E-state index in [1.807, 2.05) is 22.6 Å².